The molecule has 1 fully saturated rings. The first-order chi connectivity index (χ1) is 14.1. The predicted octanol–water partition coefficient (Wildman–Crippen LogP) is 2.52. The van der Waals surface area contributed by atoms with Gasteiger partial charge in [-0.2, -0.15) is 5.10 Å². The van der Waals surface area contributed by atoms with Crippen LogP contribution in [0.1, 0.15) is 43.5 Å². The summed E-state index contributed by atoms with van der Waals surface area (Å²) < 4.78 is 3.34. The fraction of sp³-hybridized carbons (Fsp3) is 0.500. The molecule has 0 unspecified atom stereocenters. The molecule has 0 radical (unpaired) electrons. The minimum Gasteiger partial charge on any atom is -0.352 e. The van der Waals surface area contributed by atoms with Gasteiger partial charge in [0, 0.05) is 18.7 Å². The molecule has 3 heterocycles. The van der Waals surface area contributed by atoms with Gasteiger partial charge in [-0.25, -0.2) is 4.52 Å². The van der Waals surface area contributed by atoms with Crippen molar-refractivity contribution in [1.29, 1.82) is 0 Å². The molecule has 0 aliphatic carbocycles. The van der Waals surface area contributed by atoms with Crippen molar-refractivity contribution in [3.05, 3.63) is 46.4 Å². The van der Waals surface area contributed by atoms with Crippen molar-refractivity contribution in [2.75, 3.05) is 26.2 Å². The molecule has 1 amide bonds. The molecule has 1 saturated heterocycles. The first-order valence-electron chi connectivity index (χ1n) is 10.6. The monoisotopic (exact) mass is 395 g/mol. The molecule has 4 rings (SSSR count). The van der Waals surface area contributed by atoms with Crippen LogP contribution in [0.4, 0.5) is 0 Å². The predicted molar refractivity (Wildman–Crippen MR) is 114 cm³/mol. The van der Waals surface area contributed by atoms with E-state index in [0.717, 1.165) is 43.0 Å². The van der Waals surface area contributed by atoms with E-state index >= 15 is 0 Å². The summed E-state index contributed by atoms with van der Waals surface area (Å²) in [7, 11) is 0. The van der Waals surface area contributed by atoms with Crippen LogP contribution in [0.25, 0.3) is 16.6 Å². The average molecular weight is 396 g/mol. The van der Waals surface area contributed by atoms with E-state index in [1.54, 1.807) is 33.5 Å². The SMILES string of the molecule is CCn1c(=O)c2ccnn2c2ccc(C(=O)NCCCN3CCC(C)CC3)cc21. The molecule has 7 heteroatoms. The molecule has 1 N–H and O–H groups in total. The van der Waals surface area contributed by atoms with Crippen molar-refractivity contribution >= 4 is 22.5 Å². The number of benzene rings is 1. The number of carbonyl (C=O) groups is 1. The Morgan fingerprint density at radius 1 is 1.17 bits per heavy atom. The van der Waals surface area contributed by atoms with Gasteiger partial charge in [-0.3, -0.25) is 9.59 Å². The third-order valence-electron chi connectivity index (χ3n) is 5.99. The van der Waals surface area contributed by atoms with Crippen molar-refractivity contribution in [3.63, 3.8) is 0 Å². The molecule has 154 valence electrons. The van der Waals surface area contributed by atoms with Gasteiger partial charge in [0.1, 0.15) is 5.52 Å². The maximum atomic E-state index is 12.7. The third-order valence-corrected chi connectivity index (χ3v) is 5.99. The molecule has 2 aromatic heterocycles. The number of hydrogen-bond acceptors (Lipinski definition) is 4. The van der Waals surface area contributed by atoms with Gasteiger partial charge >= 0.3 is 0 Å². The van der Waals surface area contributed by atoms with Gasteiger partial charge in [0.2, 0.25) is 0 Å². The number of piperidine rings is 1. The fourth-order valence-corrected chi connectivity index (χ4v) is 4.17. The van der Waals surface area contributed by atoms with Gasteiger partial charge in [0.15, 0.2) is 0 Å². The van der Waals surface area contributed by atoms with E-state index in [1.165, 1.54) is 12.8 Å². The van der Waals surface area contributed by atoms with Crippen LogP contribution in [-0.4, -0.2) is 51.2 Å². The summed E-state index contributed by atoms with van der Waals surface area (Å²) >= 11 is 0. The van der Waals surface area contributed by atoms with Gasteiger partial charge < -0.3 is 14.8 Å². The van der Waals surface area contributed by atoms with E-state index in [0.29, 0.717) is 24.2 Å². The second kappa shape index (κ2) is 8.37. The van der Waals surface area contributed by atoms with Crippen molar-refractivity contribution in [2.24, 2.45) is 5.92 Å². The highest BCUT2D eigenvalue weighted by molar-refractivity contribution is 5.97. The van der Waals surface area contributed by atoms with E-state index in [1.807, 2.05) is 13.0 Å². The highest BCUT2D eigenvalue weighted by atomic mass is 16.1. The Balaban J connectivity index is 1.45. The second-order valence-electron chi connectivity index (χ2n) is 8.01. The van der Waals surface area contributed by atoms with Gasteiger partial charge in [-0.05, 0) is 76.0 Å². The standard InChI is InChI=1S/C22H29N5O2/c1-3-26-20-15-17(5-6-18(20)27-19(22(26)29)7-11-24-27)21(28)23-10-4-12-25-13-8-16(2)9-14-25/h5-7,11,15-16H,3-4,8-10,12-14H2,1-2H3,(H,23,28). The summed E-state index contributed by atoms with van der Waals surface area (Å²) in [4.78, 5) is 27.8. The largest absolute Gasteiger partial charge is 0.352 e. The summed E-state index contributed by atoms with van der Waals surface area (Å²) in [5.41, 5.74) is 2.57. The molecular formula is C22H29N5O2. The number of rotatable bonds is 6. The number of aryl methyl sites for hydroxylation is 1. The lowest BCUT2D eigenvalue weighted by Crippen LogP contribution is -2.35. The average Bonchev–Trinajstić information content (AvgIpc) is 3.23. The Labute approximate surface area is 170 Å². The number of nitrogens with one attached hydrogen (secondary N) is 1. The fourth-order valence-electron chi connectivity index (χ4n) is 4.17. The highest BCUT2D eigenvalue weighted by Gasteiger charge is 2.16. The lowest BCUT2D eigenvalue weighted by Gasteiger charge is -2.30. The van der Waals surface area contributed by atoms with Gasteiger partial charge in [0.05, 0.1) is 17.2 Å². The molecule has 7 nitrogen and oxygen atoms in total. The zero-order chi connectivity index (χ0) is 20.4. The zero-order valence-electron chi connectivity index (χ0n) is 17.2. The first-order valence-corrected chi connectivity index (χ1v) is 10.6. The second-order valence-corrected chi connectivity index (χ2v) is 8.01. The molecule has 29 heavy (non-hydrogen) atoms. The third kappa shape index (κ3) is 3.92. The van der Waals surface area contributed by atoms with E-state index < -0.39 is 0 Å². The van der Waals surface area contributed by atoms with Crippen LogP contribution in [-0.2, 0) is 6.54 Å². The summed E-state index contributed by atoms with van der Waals surface area (Å²) in [6.07, 6.45) is 5.11. The Morgan fingerprint density at radius 2 is 1.97 bits per heavy atom. The summed E-state index contributed by atoms with van der Waals surface area (Å²) in [5, 5.41) is 7.29. The topological polar surface area (TPSA) is 71.6 Å². The lowest BCUT2D eigenvalue weighted by atomic mass is 9.99. The first kappa shape index (κ1) is 19.6. The Kier molecular flexibility index (Phi) is 5.67. The Hall–Kier alpha value is -2.67. The zero-order valence-corrected chi connectivity index (χ0v) is 17.2. The number of fused-ring (bicyclic) bond motifs is 3. The molecule has 0 saturated carbocycles. The van der Waals surface area contributed by atoms with Gasteiger partial charge in [-0.15, -0.1) is 0 Å². The maximum absolute atomic E-state index is 12.7. The van der Waals surface area contributed by atoms with Gasteiger partial charge in [0.25, 0.3) is 11.5 Å². The van der Waals surface area contributed by atoms with Crippen LogP contribution < -0.4 is 10.9 Å². The number of nitrogens with zero attached hydrogens (tertiary/aromatic N) is 4. The van der Waals surface area contributed by atoms with Crippen LogP contribution in [0, 0.1) is 5.92 Å². The molecular weight excluding hydrogens is 366 g/mol. The quantitative estimate of drug-likeness (QED) is 0.651. The number of amides is 1. The number of hydrogen-bond donors (Lipinski definition) is 1. The summed E-state index contributed by atoms with van der Waals surface area (Å²) in [6.45, 7) is 8.79. The minimum absolute atomic E-state index is 0.0918. The number of carbonyl (C=O) groups excluding carboxylic acids is 1. The van der Waals surface area contributed by atoms with Crippen molar-refractivity contribution in [3.8, 4) is 0 Å². The van der Waals surface area contributed by atoms with Crippen LogP contribution in [0.5, 0.6) is 0 Å². The molecule has 1 aromatic carbocycles. The molecule has 0 spiro atoms. The molecule has 0 bridgehead atoms. The van der Waals surface area contributed by atoms with Crippen LogP contribution in [0.15, 0.2) is 35.3 Å². The molecule has 3 aromatic rings. The maximum Gasteiger partial charge on any atom is 0.277 e. The smallest absolute Gasteiger partial charge is 0.277 e. The van der Waals surface area contributed by atoms with E-state index in [9.17, 15) is 9.59 Å². The van der Waals surface area contributed by atoms with Crippen molar-refractivity contribution < 1.29 is 4.79 Å². The number of aromatic nitrogens is 3. The summed E-state index contributed by atoms with van der Waals surface area (Å²) in [6, 6.07) is 7.18. The lowest BCUT2D eigenvalue weighted by molar-refractivity contribution is 0.0950. The van der Waals surface area contributed by atoms with E-state index in [2.05, 4.69) is 22.2 Å². The van der Waals surface area contributed by atoms with E-state index in [-0.39, 0.29) is 11.5 Å². The molecule has 1 aliphatic rings. The van der Waals surface area contributed by atoms with Crippen LogP contribution >= 0.6 is 0 Å². The van der Waals surface area contributed by atoms with Crippen LogP contribution in [0.2, 0.25) is 0 Å². The number of likely N-dealkylation sites (tertiary alicyclic amines) is 1. The normalized spacial score (nSPS) is 15.9. The Bertz CT molecular complexity index is 1080. The van der Waals surface area contributed by atoms with Crippen molar-refractivity contribution in [1.82, 2.24) is 24.4 Å². The van der Waals surface area contributed by atoms with E-state index in [4.69, 9.17) is 0 Å². The molecule has 0 atom stereocenters. The van der Waals surface area contributed by atoms with Gasteiger partial charge in [-0.1, -0.05) is 6.92 Å². The highest BCUT2D eigenvalue weighted by Crippen LogP contribution is 2.17. The molecule has 1 aliphatic heterocycles. The summed E-state index contributed by atoms with van der Waals surface area (Å²) in [5.74, 6) is 0.734. The Morgan fingerprint density at radius 3 is 2.72 bits per heavy atom. The van der Waals surface area contributed by atoms with Crippen LogP contribution in [0.3, 0.4) is 0 Å². The minimum atomic E-state index is -0.102. The van der Waals surface area contributed by atoms with Crippen molar-refractivity contribution in [2.45, 2.75) is 39.7 Å².